The zero-order valence-electron chi connectivity index (χ0n) is 41.4. The monoisotopic (exact) mass is 966 g/mol. The Kier molecular flexibility index (Phi) is 20.8. The average molecular weight is 967 g/mol. The zero-order chi connectivity index (χ0) is 50.4. The van der Waals surface area contributed by atoms with Crippen LogP contribution in [-0.4, -0.2) is 52.4 Å². The van der Waals surface area contributed by atoms with E-state index in [0.29, 0.717) is 41.9 Å². The molecule has 374 valence electrons. The average Bonchev–Trinajstić information content (AvgIpc) is 3.87. The van der Waals surface area contributed by atoms with Crippen LogP contribution in [0.2, 0.25) is 0 Å². The number of rotatable bonds is 29. The SMILES string of the molecule is CCCCCCCCCCCCOc1ccc(C(=O)Oc2ccc(C(=O)Oc3cc(OC(=O)c4ccc(-c5nnc(-c6ccc(OCC[C@H](C)CCCC(C)C)cc6)o5)cc4)cc(C(=O)O)c3)cc2)cc1. The van der Waals surface area contributed by atoms with Crippen molar-refractivity contribution in [3.05, 3.63) is 138 Å². The molecular weight excluding hydrogens is 901 g/mol. The quantitative estimate of drug-likeness (QED) is 0.0267. The van der Waals surface area contributed by atoms with Crippen molar-refractivity contribution in [2.75, 3.05) is 13.2 Å². The summed E-state index contributed by atoms with van der Waals surface area (Å²) in [7, 11) is 0. The van der Waals surface area contributed by atoms with Crippen molar-refractivity contribution in [2.45, 2.75) is 118 Å². The van der Waals surface area contributed by atoms with Crippen LogP contribution >= 0.6 is 0 Å². The van der Waals surface area contributed by atoms with E-state index in [1.165, 1.54) is 113 Å². The second-order valence-corrected chi connectivity index (χ2v) is 18.3. The summed E-state index contributed by atoms with van der Waals surface area (Å²) >= 11 is 0. The van der Waals surface area contributed by atoms with E-state index < -0.39 is 23.9 Å². The summed E-state index contributed by atoms with van der Waals surface area (Å²) in [6.45, 7) is 10.3. The van der Waals surface area contributed by atoms with Crippen molar-refractivity contribution in [3.8, 4) is 51.7 Å². The second-order valence-electron chi connectivity index (χ2n) is 18.3. The number of aromatic carboxylic acids is 1. The van der Waals surface area contributed by atoms with E-state index in [1.54, 1.807) is 36.4 Å². The molecule has 13 nitrogen and oxygen atoms in total. The largest absolute Gasteiger partial charge is 0.494 e. The molecule has 0 bridgehead atoms. The fourth-order valence-electron chi connectivity index (χ4n) is 7.73. The van der Waals surface area contributed by atoms with Crippen molar-refractivity contribution < 1.29 is 52.4 Å². The molecule has 13 heteroatoms. The Morgan fingerprint density at radius 3 is 1.38 bits per heavy atom. The van der Waals surface area contributed by atoms with Gasteiger partial charge in [0.1, 0.15) is 28.7 Å². The van der Waals surface area contributed by atoms with E-state index >= 15 is 0 Å². The summed E-state index contributed by atoms with van der Waals surface area (Å²) in [4.78, 5) is 51.2. The van der Waals surface area contributed by atoms with Gasteiger partial charge in [0.05, 0.1) is 35.5 Å². The van der Waals surface area contributed by atoms with E-state index in [2.05, 4.69) is 37.9 Å². The molecule has 6 rings (SSSR count). The van der Waals surface area contributed by atoms with E-state index in [9.17, 15) is 24.3 Å². The Bertz CT molecular complexity index is 2600. The minimum Gasteiger partial charge on any atom is -0.494 e. The first-order chi connectivity index (χ1) is 34.4. The number of aromatic nitrogens is 2. The summed E-state index contributed by atoms with van der Waals surface area (Å²) in [5.74, 6) is -0.356. The highest BCUT2D eigenvalue weighted by molar-refractivity contribution is 5.95. The van der Waals surface area contributed by atoms with Crippen LogP contribution in [0.25, 0.3) is 22.9 Å². The highest BCUT2D eigenvalue weighted by Crippen LogP contribution is 2.29. The van der Waals surface area contributed by atoms with Gasteiger partial charge in [-0.3, -0.25) is 0 Å². The standard InChI is InChI=1S/C58H66N2O11/c1-5-6-7-8-9-10-11-12-13-14-35-66-48-30-24-45(25-31-48)56(63)68-50-32-26-46(27-33-50)58(65)70-52-38-47(55(61)62)37-51(39-52)69-57(64)44-20-18-42(19-21-44)53-59-60-54(71-53)43-22-28-49(29-23-43)67-36-34-41(4)17-15-16-40(2)3/h18-33,37-41H,5-17,34-36H2,1-4H3,(H,61,62)/t41-/m1/s1. The predicted molar refractivity (Wildman–Crippen MR) is 272 cm³/mol. The van der Waals surface area contributed by atoms with Crippen LogP contribution in [0.4, 0.5) is 0 Å². The van der Waals surface area contributed by atoms with Crippen LogP contribution in [0, 0.1) is 11.8 Å². The summed E-state index contributed by atoms with van der Waals surface area (Å²) in [5.41, 5.74) is 1.57. The van der Waals surface area contributed by atoms with Crippen LogP contribution in [0.5, 0.6) is 28.7 Å². The molecule has 5 aromatic carbocycles. The fraction of sp³-hybridized carbons (Fsp3) is 0.379. The number of esters is 3. The first kappa shape index (κ1) is 53.1. The van der Waals surface area contributed by atoms with Gasteiger partial charge in [0, 0.05) is 17.2 Å². The molecule has 0 aliphatic carbocycles. The third-order valence-electron chi connectivity index (χ3n) is 12.0. The number of carbonyl (C=O) groups is 4. The first-order valence-corrected chi connectivity index (χ1v) is 25.0. The molecule has 0 spiro atoms. The highest BCUT2D eigenvalue weighted by atomic mass is 16.5. The van der Waals surface area contributed by atoms with E-state index in [0.717, 1.165) is 48.6 Å². The molecule has 6 aromatic rings. The van der Waals surface area contributed by atoms with Crippen molar-refractivity contribution in [3.63, 3.8) is 0 Å². The summed E-state index contributed by atoms with van der Waals surface area (Å²) in [6, 6.07) is 29.7. The molecular formula is C58H66N2O11. The highest BCUT2D eigenvalue weighted by Gasteiger charge is 2.18. The van der Waals surface area contributed by atoms with Crippen molar-refractivity contribution in [2.24, 2.45) is 11.8 Å². The molecule has 1 aromatic heterocycles. The van der Waals surface area contributed by atoms with E-state index in [4.69, 9.17) is 28.1 Å². The van der Waals surface area contributed by atoms with Gasteiger partial charge in [0.15, 0.2) is 0 Å². The van der Waals surface area contributed by atoms with Gasteiger partial charge in [0.25, 0.3) is 0 Å². The third-order valence-corrected chi connectivity index (χ3v) is 12.0. The molecule has 0 saturated carbocycles. The number of unbranched alkanes of at least 4 members (excludes halogenated alkanes) is 9. The third kappa shape index (κ3) is 17.6. The molecule has 0 fully saturated rings. The lowest BCUT2D eigenvalue weighted by molar-refractivity contribution is 0.0679. The molecule has 0 aliphatic rings. The van der Waals surface area contributed by atoms with Crippen LogP contribution in [0.3, 0.4) is 0 Å². The molecule has 1 heterocycles. The fourth-order valence-corrected chi connectivity index (χ4v) is 7.73. The molecule has 0 unspecified atom stereocenters. The summed E-state index contributed by atoms with van der Waals surface area (Å²) in [5, 5.41) is 18.2. The number of carboxylic acid groups (broad SMARTS) is 1. The number of benzene rings is 5. The Labute approximate surface area is 416 Å². The number of hydrogen-bond donors (Lipinski definition) is 1. The van der Waals surface area contributed by atoms with Crippen LogP contribution in [0.15, 0.2) is 120 Å². The van der Waals surface area contributed by atoms with Gasteiger partial charge in [-0.25, -0.2) is 19.2 Å². The predicted octanol–water partition coefficient (Wildman–Crippen LogP) is 14.3. The normalized spacial score (nSPS) is 11.5. The summed E-state index contributed by atoms with van der Waals surface area (Å²) in [6.07, 6.45) is 17.2. The molecule has 0 amide bonds. The zero-order valence-corrected chi connectivity index (χ0v) is 41.4. The molecule has 1 atom stereocenters. The Morgan fingerprint density at radius 2 is 0.887 bits per heavy atom. The first-order valence-electron chi connectivity index (χ1n) is 25.0. The van der Waals surface area contributed by atoms with E-state index in [1.807, 2.05) is 24.3 Å². The van der Waals surface area contributed by atoms with Crippen LogP contribution in [0.1, 0.15) is 159 Å². The van der Waals surface area contributed by atoms with Gasteiger partial charge in [-0.2, -0.15) is 0 Å². The number of carbonyl (C=O) groups excluding carboxylic acids is 3. The minimum absolute atomic E-state index is 0.0903. The molecule has 0 aliphatic heterocycles. The van der Waals surface area contributed by atoms with Crippen molar-refractivity contribution in [1.82, 2.24) is 10.2 Å². The second kappa shape index (κ2) is 27.8. The van der Waals surface area contributed by atoms with Gasteiger partial charge >= 0.3 is 23.9 Å². The molecule has 1 N–H and O–H groups in total. The number of hydrogen-bond acceptors (Lipinski definition) is 12. The lowest BCUT2D eigenvalue weighted by atomic mass is 9.98. The number of carboxylic acids is 1. The van der Waals surface area contributed by atoms with Crippen LogP contribution < -0.4 is 23.7 Å². The number of nitrogens with zero attached hydrogens (tertiary/aromatic N) is 2. The van der Waals surface area contributed by atoms with E-state index in [-0.39, 0.29) is 39.8 Å². The maximum absolute atomic E-state index is 13.2. The molecule has 0 radical (unpaired) electrons. The lowest BCUT2D eigenvalue weighted by Crippen LogP contribution is -2.12. The topological polar surface area (TPSA) is 174 Å². The number of ether oxygens (including phenoxy) is 5. The molecule has 71 heavy (non-hydrogen) atoms. The molecule has 0 saturated heterocycles. The lowest BCUT2D eigenvalue weighted by Gasteiger charge is -2.13. The Morgan fingerprint density at radius 1 is 0.465 bits per heavy atom. The van der Waals surface area contributed by atoms with Gasteiger partial charge < -0.3 is 33.2 Å². The van der Waals surface area contributed by atoms with Crippen LogP contribution in [-0.2, 0) is 0 Å². The Balaban J connectivity index is 0.951. The smallest absolute Gasteiger partial charge is 0.343 e. The Hall–Kier alpha value is -7.28. The summed E-state index contributed by atoms with van der Waals surface area (Å²) < 4.78 is 34.3. The maximum Gasteiger partial charge on any atom is 0.343 e. The van der Waals surface area contributed by atoms with Gasteiger partial charge in [-0.15, -0.1) is 10.2 Å². The van der Waals surface area contributed by atoms with Gasteiger partial charge in [-0.05, 0) is 134 Å². The maximum atomic E-state index is 13.2. The minimum atomic E-state index is -1.33. The van der Waals surface area contributed by atoms with Crippen molar-refractivity contribution in [1.29, 1.82) is 0 Å². The van der Waals surface area contributed by atoms with Gasteiger partial charge in [0.2, 0.25) is 11.8 Å². The van der Waals surface area contributed by atoms with Gasteiger partial charge in [-0.1, -0.05) is 105 Å². The van der Waals surface area contributed by atoms with Crippen molar-refractivity contribution >= 4 is 23.9 Å².